The lowest BCUT2D eigenvalue weighted by Gasteiger charge is -2.33. The van der Waals surface area contributed by atoms with Crippen molar-refractivity contribution < 1.29 is 28.6 Å². The normalized spacial score (nSPS) is 16.9. The smallest absolute Gasteiger partial charge is 0.410 e. The summed E-state index contributed by atoms with van der Waals surface area (Å²) in [6.07, 6.45) is 1.59. The largest absolute Gasteiger partial charge is 0.462 e. The highest BCUT2D eigenvalue weighted by Crippen LogP contribution is 2.24. The van der Waals surface area contributed by atoms with E-state index in [0.29, 0.717) is 38.2 Å². The molecule has 0 aliphatic carbocycles. The SMILES string of the molecule is CC(C)OC(=O)C(C)N1CCc2ccc(NC(=O)COC3CCN(C(=O)OCc4ccccc4)CC3)cc2C1. The second-order valence-electron chi connectivity index (χ2n) is 10.5. The second kappa shape index (κ2) is 13.6. The molecular weight excluding hydrogens is 498 g/mol. The van der Waals surface area contributed by atoms with E-state index in [0.717, 1.165) is 24.1 Å². The number of rotatable bonds is 9. The number of esters is 1. The first kappa shape index (κ1) is 28.6. The van der Waals surface area contributed by atoms with E-state index in [9.17, 15) is 14.4 Å². The highest BCUT2D eigenvalue weighted by molar-refractivity contribution is 5.91. The molecule has 2 aromatic carbocycles. The Morgan fingerprint density at radius 3 is 2.44 bits per heavy atom. The van der Waals surface area contributed by atoms with Gasteiger partial charge in [0, 0.05) is 31.9 Å². The van der Waals surface area contributed by atoms with Crippen LogP contribution >= 0.6 is 0 Å². The first-order chi connectivity index (χ1) is 18.8. The molecule has 1 N–H and O–H groups in total. The molecule has 39 heavy (non-hydrogen) atoms. The number of anilines is 1. The van der Waals surface area contributed by atoms with Gasteiger partial charge in [0.2, 0.25) is 5.91 Å². The van der Waals surface area contributed by atoms with Crippen molar-refractivity contribution >= 4 is 23.7 Å². The van der Waals surface area contributed by atoms with E-state index < -0.39 is 0 Å². The van der Waals surface area contributed by atoms with Crippen LogP contribution in [0, 0.1) is 0 Å². The van der Waals surface area contributed by atoms with Crippen molar-refractivity contribution in [1.29, 1.82) is 0 Å². The van der Waals surface area contributed by atoms with Gasteiger partial charge in [0.25, 0.3) is 0 Å². The third-order valence-corrected chi connectivity index (χ3v) is 7.13. The maximum atomic E-state index is 12.6. The number of hydrogen-bond donors (Lipinski definition) is 1. The van der Waals surface area contributed by atoms with Gasteiger partial charge in [-0.3, -0.25) is 14.5 Å². The molecule has 2 aliphatic heterocycles. The molecule has 1 atom stereocenters. The van der Waals surface area contributed by atoms with Gasteiger partial charge in [0.1, 0.15) is 19.3 Å². The van der Waals surface area contributed by atoms with Crippen LogP contribution in [0.3, 0.4) is 0 Å². The third-order valence-electron chi connectivity index (χ3n) is 7.13. The summed E-state index contributed by atoms with van der Waals surface area (Å²) in [6, 6.07) is 15.2. The van der Waals surface area contributed by atoms with Crippen molar-refractivity contribution in [3.05, 3.63) is 65.2 Å². The van der Waals surface area contributed by atoms with E-state index in [1.54, 1.807) is 4.90 Å². The van der Waals surface area contributed by atoms with Crippen LogP contribution in [0.2, 0.25) is 0 Å². The summed E-state index contributed by atoms with van der Waals surface area (Å²) in [5.41, 5.74) is 3.97. The molecule has 4 rings (SSSR count). The highest BCUT2D eigenvalue weighted by Gasteiger charge is 2.28. The Morgan fingerprint density at radius 2 is 1.72 bits per heavy atom. The van der Waals surface area contributed by atoms with Crippen molar-refractivity contribution in [1.82, 2.24) is 9.80 Å². The third kappa shape index (κ3) is 8.28. The van der Waals surface area contributed by atoms with Crippen LogP contribution in [-0.4, -0.2) is 72.3 Å². The maximum Gasteiger partial charge on any atom is 0.410 e. The molecule has 0 radical (unpaired) electrons. The number of nitrogens with zero attached hydrogens (tertiary/aromatic N) is 2. The molecule has 0 spiro atoms. The average molecular weight is 538 g/mol. The fraction of sp³-hybridized carbons (Fsp3) is 0.500. The Bertz CT molecular complexity index is 1130. The van der Waals surface area contributed by atoms with Gasteiger partial charge in [-0.05, 0) is 68.9 Å². The first-order valence-corrected chi connectivity index (χ1v) is 13.7. The fourth-order valence-electron chi connectivity index (χ4n) is 4.87. The van der Waals surface area contributed by atoms with Crippen molar-refractivity contribution in [2.75, 3.05) is 31.6 Å². The number of likely N-dealkylation sites (tertiary alicyclic amines) is 1. The molecule has 0 bridgehead atoms. The molecule has 2 amide bonds. The molecule has 2 heterocycles. The topological polar surface area (TPSA) is 97.4 Å². The van der Waals surface area contributed by atoms with Gasteiger partial charge in [0.15, 0.2) is 0 Å². The first-order valence-electron chi connectivity index (χ1n) is 13.7. The van der Waals surface area contributed by atoms with Crippen LogP contribution in [-0.2, 0) is 43.4 Å². The summed E-state index contributed by atoms with van der Waals surface area (Å²) < 4.78 is 16.6. The molecule has 1 fully saturated rings. The number of benzene rings is 2. The van der Waals surface area contributed by atoms with Gasteiger partial charge in [0.05, 0.1) is 12.2 Å². The lowest BCUT2D eigenvalue weighted by atomic mass is 9.98. The van der Waals surface area contributed by atoms with Gasteiger partial charge < -0.3 is 24.4 Å². The summed E-state index contributed by atoms with van der Waals surface area (Å²) in [7, 11) is 0. The number of piperidine rings is 1. The minimum absolute atomic E-state index is 0.0512. The zero-order valence-corrected chi connectivity index (χ0v) is 23.1. The lowest BCUT2D eigenvalue weighted by molar-refractivity contribution is -0.153. The predicted octanol–water partition coefficient (Wildman–Crippen LogP) is 4.14. The molecule has 210 valence electrons. The lowest BCUT2D eigenvalue weighted by Crippen LogP contribution is -2.43. The minimum atomic E-state index is -0.329. The Hall–Kier alpha value is -3.43. The molecule has 2 aromatic rings. The molecule has 2 aliphatic rings. The number of nitrogens with one attached hydrogen (secondary N) is 1. The minimum Gasteiger partial charge on any atom is -0.462 e. The van der Waals surface area contributed by atoms with E-state index in [4.69, 9.17) is 14.2 Å². The Balaban J connectivity index is 1.19. The van der Waals surface area contributed by atoms with Gasteiger partial charge >= 0.3 is 12.1 Å². The van der Waals surface area contributed by atoms with Crippen molar-refractivity contribution in [3.63, 3.8) is 0 Å². The van der Waals surface area contributed by atoms with E-state index in [2.05, 4.69) is 10.2 Å². The molecule has 0 aromatic heterocycles. The highest BCUT2D eigenvalue weighted by atomic mass is 16.6. The summed E-state index contributed by atoms with van der Waals surface area (Å²) in [4.78, 5) is 41.1. The average Bonchev–Trinajstić information content (AvgIpc) is 2.94. The Kier molecular flexibility index (Phi) is 9.95. The fourth-order valence-corrected chi connectivity index (χ4v) is 4.87. The molecule has 9 nitrogen and oxygen atoms in total. The van der Waals surface area contributed by atoms with Gasteiger partial charge in [-0.2, -0.15) is 0 Å². The monoisotopic (exact) mass is 537 g/mol. The van der Waals surface area contributed by atoms with Crippen LogP contribution in [0.25, 0.3) is 0 Å². The number of amides is 2. The zero-order valence-electron chi connectivity index (χ0n) is 23.1. The number of carbonyl (C=O) groups excluding carboxylic acids is 3. The quantitative estimate of drug-likeness (QED) is 0.480. The molecule has 9 heteroatoms. The van der Waals surface area contributed by atoms with Gasteiger partial charge in [-0.25, -0.2) is 4.79 Å². The summed E-state index contributed by atoms with van der Waals surface area (Å²) in [5.74, 6) is -0.439. The second-order valence-corrected chi connectivity index (χ2v) is 10.5. The Morgan fingerprint density at radius 1 is 0.974 bits per heavy atom. The number of carbonyl (C=O) groups is 3. The summed E-state index contributed by atoms with van der Waals surface area (Å²) >= 11 is 0. The Labute approximate surface area is 230 Å². The van der Waals surface area contributed by atoms with Crippen LogP contribution in [0.15, 0.2) is 48.5 Å². The molecule has 0 saturated carbocycles. The number of ether oxygens (including phenoxy) is 3. The van der Waals surface area contributed by atoms with Crippen molar-refractivity contribution in [2.45, 2.75) is 71.4 Å². The standard InChI is InChI=1S/C30H39N3O6/c1-21(2)39-29(35)22(3)33-14-11-24-9-10-26(17-25(24)18-33)31-28(34)20-37-27-12-15-32(16-13-27)30(36)38-19-23-7-5-4-6-8-23/h4-10,17,21-22,27H,11-16,18-20H2,1-3H3,(H,31,34). The van der Waals surface area contributed by atoms with E-state index >= 15 is 0 Å². The van der Waals surface area contributed by atoms with E-state index in [1.165, 1.54) is 5.56 Å². The van der Waals surface area contributed by atoms with Crippen LogP contribution in [0.1, 0.15) is 50.3 Å². The van der Waals surface area contributed by atoms with Crippen molar-refractivity contribution in [3.8, 4) is 0 Å². The van der Waals surface area contributed by atoms with Gasteiger partial charge in [-0.1, -0.05) is 36.4 Å². The van der Waals surface area contributed by atoms with Crippen LogP contribution in [0.4, 0.5) is 10.5 Å². The maximum absolute atomic E-state index is 12.6. The van der Waals surface area contributed by atoms with E-state index in [-0.39, 0.29) is 49.4 Å². The van der Waals surface area contributed by atoms with Crippen LogP contribution < -0.4 is 5.32 Å². The molecule has 1 unspecified atom stereocenters. The number of hydrogen-bond acceptors (Lipinski definition) is 7. The number of fused-ring (bicyclic) bond motifs is 1. The van der Waals surface area contributed by atoms with E-state index in [1.807, 2.05) is 69.3 Å². The molecule has 1 saturated heterocycles. The predicted molar refractivity (Wildman–Crippen MR) is 147 cm³/mol. The summed E-state index contributed by atoms with van der Waals surface area (Å²) in [5, 5.41) is 2.93. The molecular formula is C30H39N3O6. The van der Waals surface area contributed by atoms with Crippen LogP contribution in [0.5, 0.6) is 0 Å². The van der Waals surface area contributed by atoms with Gasteiger partial charge in [-0.15, -0.1) is 0 Å². The zero-order chi connectivity index (χ0) is 27.8. The summed E-state index contributed by atoms with van der Waals surface area (Å²) in [6.45, 7) is 8.24. The van der Waals surface area contributed by atoms with Crippen molar-refractivity contribution in [2.24, 2.45) is 0 Å².